The number of halogens is 6. The zero-order valence-electron chi connectivity index (χ0n) is 14.6. The molecule has 2 rings (SSSR count). The number of amides is 1. The fourth-order valence-electron chi connectivity index (χ4n) is 2.71. The van der Waals surface area contributed by atoms with E-state index < -0.39 is 37.0 Å². The Bertz CT molecular complexity index is 724. The molecule has 0 bridgehead atoms. The van der Waals surface area contributed by atoms with Gasteiger partial charge in [0.1, 0.15) is 0 Å². The number of hydrogen-bond donors (Lipinski definition) is 1. The molecule has 0 saturated heterocycles. The van der Waals surface area contributed by atoms with Crippen molar-refractivity contribution in [2.24, 2.45) is 0 Å². The zero-order chi connectivity index (χ0) is 21.0. The predicted octanol–water partition coefficient (Wildman–Crippen LogP) is 3.44. The molecule has 28 heavy (non-hydrogen) atoms. The molecular weight excluding hydrogens is 390 g/mol. The summed E-state index contributed by atoms with van der Waals surface area (Å²) in [5.41, 5.74) is -4.39. The number of nitrogens with one attached hydrogen (secondary N) is 1. The van der Waals surface area contributed by atoms with Gasteiger partial charge in [0.25, 0.3) is 5.66 Å². The molecule has 5 nitrogen and oxygen atoms in total. The lowest BCUT2D eigenvalue weighted by Crippen LogP contribution is -2.75. The number of carbonyl (C=O) groups is 1. The Kier molecular flexibility index (Phi) is 6.27. The van der Waals surface area contributed by atoms with Crippen LogP contribution < -0.4 is 5.32 Å². The molecule has 1 N–H and O–H groups in total. The minimum absolute atomic E-state index is 0.106. The summed E-state index contributed by atoms with van der Waals surface area (Å²) in [4.78, 5) is 19.0. The van der Waals surface area contributed by atoms with Gasteiger partial charge in [-0.1, -0.05) is 12.1 Å². The van der Waals surface area contributed by atoms with Crippen molar-refractivity contribution in [2.75, 3.05) is 0 Å². The van der Waals surface area contributed by atoms with E-state index in [1.54, 1.807) is 0 Å². The maximum absolute atomic E-state index is 13.9. The lowest BCUT2D eigenvalue weighted by atomic mass is 10.0. The number of carbonyl (C=O) groups excluding carboxylic acids is 1. The molecule has 0 aliphatic heterocycles. The molecule has 152 valence electrons. The molecule has 2 aromatic rings. The molecule has 2 aromatic heterocycles. The maximum Gasteiger partial charge on any atom is 0.434 e. The molecule has 0 aromatic carbocycles. The first-order chi connectivity index (χ1) is 13.0. The third-order valence-corrected chi connectivity index (χ3v) is 3.84. The van der Waals surface area contributed by atoms with Crippen molar-refractivity contribution in [2.45, 2.75) is 38.0 Å². The van der Waals surface area contributed by atoms with E-state index in [0.29, 0.717) is 6.92 Å². The largest absolute Gasteiger partial charge is 0.434 e. The Morgan fingerprint density at radius 2 is 1.36 bits per heavy atom. The Morgan fingerprint density at radius 1 is 0.929 bits per heavy atom. The number of nitrogens with zero attached hydrogens (tertiary/aromatic N) is 3. The molecule has 0 aliphatic rings. The van der Waals surface area contributed by atoms with E-state index in [1.807, 2.05) is 0 Å². The highest BCUT2D eigenvalue weighted by molar-refractivity contribution is 5.74. The van der Waals surface area contributed by atoms with Crippen molar-refractivity contribution in [3.05, 3.63) is 60.2 Å². The van der Waals surface area contributed by atoms with Crippen LogP contribution in [0.15, 0.2) is 49.1 Å². The SMILES string of the molecule is CC(=O)NC(N(Cc1cccnc1)Cc1cccnc1)(C(F)(F)F)C(F)(F)F. The van der Waals surface area contributed by atoms with Crippen LogP contribution in [0.1, 0.15) is 18.1 Å². The number of aromatic nitrogens is 2. The third-order valence-electron chi connectivity index (χ3n) is 3.84. The monoisotopic (exact) mass is 406 g/mol. The molecule has 0 saturated carbocycles. The second-order valence-electron chi connectivity index (χ2n) is 5.97. The van der Waals surface area contributed by atoms with Crippen LogP contribution in [0.3, 0.4) is 0 Å². The van der Waals surface area contributed by atoms with Gasteiger partial charge in [0, 0.05) is 44.8 Å². The summed E-state index contributed by atoms with van der Waals surface area (Å²) in [6.07, 6.45) is -6.74. The lowest BCUT2D eigenvalue weighted by Gasteiger charge is -2.45. The number of pyridine rings is 2. The molecule has 2 heterocycles. The average Bonchev–Trinajstić information content (AvgIpc) is 2.58. The van der Waals surface area contributed by atoms with Gasteiger partial charge in [0.2, 0.25) is 5.91 Å². The summed E-state index contributed by atoms with van der Waals surface area (Å²) in [7, 11) is 0. The molecular formula is C17H16F6N4O. The zero-order valence-corrected chi connectivity index (χ0v) is 14.6. The highest BCUT2D eigenvalue weighted by Crippen LogP contribution is 2.46. The van der Waals surface area contributed by atoms with Crippen LogP contribution in [0.4, 0.5) is 26.3 Å². The van der Waals surface area contributed by atoms with E-state index in [1.165, 1.54) is 36.7 Å². The fraction of sp³-hybridized carbons (Fsp3) is 0.353. The van der Waals surface area contributed by atoms with Gasteiger partial charge in [-0.05, 0) is 23.3 Å². The van der Waals surface area contributed by atoms with Gasteiger partial charge in [0.05, 0.1) is 0 Å². The predicted molar refractivity (Wildman–Crippen MR) is 86.4 cm³/mol. The van der Waals surface area contributed by atoms with Crippen LogP contribution in [0.5, 0.6) is 0 Å². The highest BCUT2D eigenvalue weighted by atomic mass is 19.4. The van der Waals surface area contributed by atoms with E-state index in [2.05, 4.69) is 9.97 Å². The van der Waals surface area contributed by atoms with Gasteiger partial charge in [-0.3, -0.25) is 19.7 Å². The minimum atomic E-state index is -5.86. The average molecular weight is 406 g/mol. The summed E-state index contributed by atoms with van der Waals surface area (Å²) < 4.78 is 83.3. The van der Waals surface area contributed by atoms with Crippen LogP contribution in [-0.2, 0) is 17.9 Å². The Morgan fingerprint density at radius 3 is 1.64 bits per heavy atom. The quantitative estimate of drug-likeness (QED) is 0.590. The van der Waals surface area contributed by atoms with Crippen LogP contribution in [0.25, 0.3) is 0 Å². The maximum atomic E-state index is 13.9. The molecule has 0 aliphatic carbocycles. The van der Waals surface area contributed by atoms with E-state index in [9.17, 15) is 31.1 Å². The molecule has 0 atom stereocenters. The normalized spacial score (nSPS) is 12.9. The Balaban J connectivity index is 2.63. The number of hydrogen-bond acceptors (Lipinski definition) is 4. The first-order valence-electron chi connectivity index (χ1n) is 7.92. The van der Waals surface area contributed by atoms with Gasteiger partial charge in [0.15, 0.2) is 0 Å². The van der Waals surface area contributed by atoms with E-state index >= 15 is 0 Å². The van der Waals surface area contributed by atoms with Crippen molar-refractivity contribution in [1.82, 2.24) is 20.2 Å². The standard InChI is InChI=1S/C17H16F6N4O/c1-12(28)26-15(16(18,19)20,17(21,22)23)27(10-13-4-2-6-24-8-13)11-14-5-3-7-25-9-14/h2-9H,10-11H2,1H3,(H,26,28). The summed E-state index contributed by atoms with van der Waals surface area (Å²) in [6.45, 7) is -0.956. The molecule has 0 spiro atoms. The first kappa shape index (κ1) is 21.6. The topological polar surface area (TPSA) is 58.1 Å². The molecule has 0 fully saturated rings. The van der Waals surface area contributed by atoms with Crippen molar-refractivity contribution in [3.63, 3.8) is 0 Å². The molecule has 0 unspecified atom stereocenters. The van der Waals surface area contributed by atoms with Gasteiger partial charge < -0.3 is 5.32 Å². The summed E-state index contributed by atoms with van der Waals surface area (Å²) in [6, 6.07) is 5.46. The van der Waals surface area contributed by atoms with Crippen LogP contribution in [0.2, 0.25) is 0 Å². The van der Waals surface area contributed by atoms with E-state index in [0.717, 1.165) is 17.7 Å². The smallest absolute Gasteiger partial charge is 0.323 e. The van der Waals surface area contributed by atoms with Gasteiger partial charge in [-0.25, -0.2) is 0 Å². The van der Waals surface area contributed by atoms with Crippen molar-refractivity contribution in [3.8, 4) is 0 Å². The van der Waals surface area contributed by atoms with Crippen LogP contribution in [0, 0.1) is 0 Å². The summed E-state index contributed by atoms with van der Waals surface area (Å²) >= 11 is 0. The van der Waals surface area contributed by atoms with Crippen molar-refractivity contribution < 1.29 is 31.1 Å². The van der Waals surface area contributed by atoms with Crippen molar-refractivity contribution >= 4 is 5.91 Å². The fourth-order valence-corrected chi connectivity index (χ4v) is 2.71. The van der Waals surface area contributed by atoms with Crippen LogP contribution >= 0.6 is 0 Å². The van der Waals surface area contributed by atoms with Crippen LogP contribution in [-0.4, -0.2) is 38.8 Å². The second kappa shape index (κ2) is 8.13. The lowest BCUT2D eigenvalue weighted by molar-refractivity contribution is -0.353. The number of alkyl halides is 6. The third kappa shape index (κ3) is 4.58. The second-order valence-corrected chi connectivity index (χ2v) is 5.97. The first-order valence-corrected chi connectivity index (χ1v) is 7.92. The molecule has 1 amide bonds. The molecule has 11 heteroatoms. The van der Waals surface area contributed by atoms with Gasteiger partial charge in [-0.2, -0.15) is 26.3 Å². The summed E-state index contributed by atoms with van der Waals surface area (Å²) in [5, 5.41) is 1.11. The Labute approximate surface area is 156 Å². The van der Waals surface area contributed by atoms with E-state index in [-0.39, 0.29) is 16.0 Å². The highest BCUT2D eigenvalue weighted by Gasteiger charge is 2.74. The molecule has 0 radical (unpaired) electrons. The van der Waals surface area contributed by atoms with Crippen molar-refractivity contribution in [1.29, 1.82) is 0 Å². The van der Waals surface area contributed by atoms with Gasteiger partial charge >= 0.3 is 12.4 Å². The minimum Gasteiger partial charge on any atom is -0.323 e. The van der Waals surface area contributed by atoms with E-state index in [4.69, 9.17) is 0 Å². The Hall–Kier alpha value is -2.69. The number of rotatable bonds is 6. The summed E-state index contributed by atoms with van der Waals surface area (Å²) in [5.74, 6) is -1.47. The van der Waals surface area contributed by atoms with Gasteiger partial charge in [-0.15, -0.1) is 0 Å².